The molecule has 182 valence electrons. The van der Waals surface area contributed by atoms with E-state index in [-0.39, 0.29) is 23.7 Å². The molecule has 1 aliphatic carbocycles. The van der Waals surface area contributed by atoms with Crippen LogP contribution >= 0.6 is 0 Å². The van der Waals surface area contributed by atoms with Gasteiger partial charge in [-0.25, -0.2) is 9.78 Å². The van der Waals surface area contributed by atoms with Crippen LogP contribution in [0.3, 0.4) is 0 Å². The fourth-order valence-electron chi connectivity index (χ4n) is 4.59. The Morgan fingerprint density at radius 1 is 1.21 bits per heavy atom. The molecule has 1 aliphatic rings. The molecule has 3 rings (SSSR count). The van der Waals surface area contributed by atoms with E-state index in [0.717, 1.165) is 32.2 Å². The number of urea groups is 1. The Morgan fingerprint density at radius 3 is 2.61 bits per heavy atom. The molecule has 0 radical (unpaired) electrons. The molecule has 0 spiro atoms. The first-order chi connectivity index (χ1) is 16.0. The fourth-order valence-corrected chi connectivity index (χ4v) is 4.59. The van der Waals surface area contributed by atoms with Crippen LogP contribution in [0.25, 0.3) is 10.9 Å². The molecule has 0 bridgehead atoms. The van der Waals surface area contributed by atoms with E-state index in [0.29, 0.717) is 42.8 Å². The summed E-state index contributed by atoms with van der Waals surface area (Å²) < 4.78 is 6.97. The maximum absolute atomic E-state index is 13.5. The molecule has 8 nitrogen and oxygen atoms in total. The summed E-state index contributed by atoms with van der Waals surface area (Å²) in [6.07, 6.45) is 6.25. The molecule has 2 amide bonds. The first-order valence-corrected chi connectivity index (χ1v) is 12.2. The van der Waals surface area contributed by atoms with E-state index >= 15 is 0 Å². The normalized spacial score (nSPS) is 15.7. The van der Waals surface area contributed by atoms with Crippen molar-refractivity contribution in [3.05, 3.63) is 40.4 Å². The molecule has 33 heavy (non-hydrogen) atoms. The molecule has 1 saturated carbocycles. The Kier molecular flexibility index (Phi) is 9.26. The lowest BCUT2D eigenvalue weighted by Gasteiger charge is -2.35. The first kappa shape index (κ1) is 25.2. The van der Waals surface area contributed by atoms with Gasteiger partial charge in [0.1, 0.15) is 5.82 Å². The van der Waals surface area contributed by atoms with Crippen molar-refractivity contribution in [1.82, 2.24) is 24.7 Å². The number of likely N-dealkylation sites (N-methyl/N-ethyl adjacent to an activating group) is 1. The number of fused-ring (bicyclic) bond motifs is 1. The molecule has 1 aromatic carbocycles. The van der Waals surface area contributed by atoms with Gasteiger partial charge in [0.15, 0.2) is 0 Å². The Balaban J connectivity index is 2.02. The monoisotopic (exact) mass is 457 g/mol. The summed E-state index contributed by atoms with van der Waals surface area (Å²) in [5, 5.41) is 3.85. The number of nitrogens with zero attached hydrogens (tertiary/aromatic N) is 4. The van der Waals surface area contributed by atoms with Crippen LogP contribution in [0.2, 0.25) is 0 Å². The minimum atomic E-state index is -0.317. The average Bonchev–Trinajstić information content (AvgIpc) is 2.81. The van der Waals surface area contributed by atoms with E-state index in [2.05, 4.69) is 10.2 Å². The first-order valence-electron chi connectivity index (χ1n) is 12.2. The number of rotatable bonds is 10. The van der Waals surface area contributed by atoms with Gasteiger partial charge in [-0.05, 0) is 45.5 Å². The van der Waals surface area contributed by atoms with Crippen LogP contribution in [0.5, 0.6) is 0 Å². The van der Waals surface area contributed by atoms with Gasteiger partial charge < -0.3 is 19.9 Å². The largest absolute Gasteiger partial charge is 0.383 e. The van der Waals surface area contributed by atoms with Crippen LogP contribution in [0.15, 0.2) is 29.1 Å². The highest BCUT2D eigenvalue weighted by Gasteiger charge is 2.30. The van der Waals surface area contributed by atoms with Crippen LogP contribution in [0, 0.1) is 0 Å². The van der Waals surface area contributed by atoms with Crippen molar-refractivity contribution in [2.24, 2.45) is 0 Å². The number of carbonyl (C=O) groups excluding carboxylic acids is 1. The molecule has 1 fully saturated rings. The zero-order valence-electron chi connectivity index (χ0n) is 20.5. The Morgan fingerprint density at radius 2 is 1.94 bits per heavy atom. The van der Waals surface area contributed by atoms with Crippen molar-refractivity contribution in [3.63, 3.8) is 0 Å². The zero-order valence-corrected chi connectivity index (χ0v) is 20.5. The van der Waals surface area contributed by atoms with Gasteiger partial charge in [0.25, 0.3) is 5.56 Å². The number of ether oxygens (including phenoxy) is 1. The van der Waals surface area contributed by atoms with Crippen LogP contribution in [-0.4, -0.2) is 72.3 Å². The molecule has 1 unspecified atom stereocenters. The second-order valence-electron chi connectivity index (χ2n) is 9.14. The Labute approximate surface area is 196 Å². The summed E-state index contributed by atoms with van der Waals surface area (Å²) in [4.78, 5) is 35.8. The Bertz CT molecular complexity index is 968. The minimum absolute atomic E-state index is 0.0729. The molecule has 0 saturated heterocycles. The molecule has 1 atom stereocenters. The molecule has 1 aromatic heterocycles. The number of hydrogen-bond acceptors (Lipinski definition) is 5. The lowest BCUT2D eigenvalue weighted by atomic mass is 9.96. The van der Waals surface area contributed by atoms with Gasteiger partial charge >= 0.3 is 6.03 Å². The summed E-state index contributed by atoms with van der Waals surface area (Å²) in [5.41, 5.74) is 0.566. The maximum Gasteiger partial charge on any atom is 0.318 e. The number of amides is 2. The van der Waals surface area contributed by atoms with Gasteiger partial charge in [-0.2, -0.15) is 0 Å². The van der Waals surface area contributed by atoms with Gasteiger partial charge in [-0.15, -0.1) is 0 Å². The van der Waals surface area contributed by atoms with Crippen molar-refractivity contribution < 1.29 is 9.53 Å². The average molecular weight is 458 g/mol. The van der Waals surface area contributed by atoms with Crippen molar-refractivity contribution in [2.75, 3.05) is 40.9 Å². The van der Waals surface area contributed by atoms with Crippen LogP contribution in [0.4, 0.5) is 4.79 Å². The number of carbonyl (C=O) groups is 1. The molecule has 2 aromatic rings. The van der Waals surface area contributed by atoms with Crippen LogP contribution in [0.1, 0.15) is 57.3 Å². The van der Waals surface area contributed by atoms with E-state index in [4.69, 9.17) is 9.72 Å². The quantitative estimate of drug-likeness (QED) is 0.592. The molecular weight excluding hydrogens is 418 g/mol. The number of hydrogen-bond donors (Lipinski definition) is 1. The summed E-state index contributed by atoms with van der Waals surface area (Å²) in [5.74, 6) is 0.621. The number of methoxy groups -OCH3 is 1. The zero-order chi connectivity index (χ0) is 23.8. The van der Waals surface area contributed by atoms with Gasteiger partial charge in [-0.3, -0.25) is 9.36 Å². The van der Waals surface area contributed by atoms with Gasteiger partial charge in [-0.1, -0.05) is 38.3 Å². The fraction of sp³-hybridized carbons (Fsp3) is 0.640. The standard InChI is InChI=1S/C25H39N5O3/c1-5-22(29(16-15-28(2)3)25(32)26-19-11-7-6-8-12-19)23-27-21-14-10-9-13-20(21)24(31)30(23)17-18-33-4/h9-10,13-14,19,22H,5-8,11-12,15-18H2,1-4H3,(H,26,32). The van der Waals surface area contributed by atoms with Gasteiger partial charge in [0.05, 0.1) is 30.1 Å². The third kappa shape index (κ3) is 6.32. The Hall–Kier alpha value is -2.45. The lowest BCUT2D eigenvalue weighted by molar-refractivity contribution is 0.150. The lowest BCUT2D eigenvalue weighted by Crippen LogP contribution is -2.49. The molecule has 0 aliphatic heterocycles. The minimum Gasteiger partial charge on any atom is -0.383 e. The van der Waals surface area contributed by atoms with E-state index in [1.807, 2.05) is 44.1 Å². The predicted octanol–water partition coefficient (Wildman–Crippen LogP) is 3.40. The van der Waals surface area contributed by atoms with E-state index in [1.54, 1.807) is 17.7 Å². The number of para-hydroxylation sites is 1. The SMILES string of the molecule is CCC(c1nc2ccccc2c(=O)n1CCOC)N(CCN(C)C)C(=O)NC1CCCCC1. The summed E-state index contributed by atoms with van der Waals surface area (Å²) in [7, 11) is 5.62. The third-order valence-electron chi connectivity index (χ3n) is 6.45. The molecule has 8 heteroatoms. The van der Waals surface area contributed by atoms with Crippen LogP contribution < -0.4 is 10.9 Å². The number of nitrogens with one attached hydrogen (secondary N) is 1. The van der Waals surface area contributed by atoms with Gasteiger partial charge in [0, 0.05) is 26.2 Å². The second kappa shape index (κ2) is 12.1. The summed E-state index contributed by atoms with van der Waals surface area (Å²) >= 11 is 0. The van der Waals surface area contributed by atoms with Crippen molar-refractivity contribution in [3.8, 4) is 0 Å². The topological polar surface area (TPSA) is 79.7 Å². The predicted molar refractivity (Wildman–Crippen MR) is 132 cm³/mol. The summed E-state index contributed by atoms with van der Waals surface area (Å²) in [6.45, 7) is 4.12. The van der Waals surface area contributed by atoms with E-state index in [1.165, 1.54) is 6.42 Å². The van der Waals surface area contributed by atoms with Crippen molar-refractivity contribution in [1.29, 1.82) is 0 Å². The second-order valence-corrected chi connectivity index (χ2v) is 9.14. The van der Waals surface area contributed by atoms with Gasteiger partial charge in [0.2, 0.25) is 0 Å². The van der Waals surface area contributed by atoms with E-state index < -0.39 is 0 Å². The number of aromatic nitrogens is 2. The van der Waals surface area contributed by atoms with Crippen molar-refractivity contribution >= 4 is 16.9 Å². The van der Waals surface area contributed by atoms with E-state index in [9.17, 15) is 9.59 Å². The van der Waals surface area contributed by atoms with Crippen molar-refractivity contribution in [2.45, 2.75) is 64.1 Å². The number of benzene rings is 1. The molecule has 1 N–H and O–H groups in total. The smallest absolute Gasteiger partial charge is 0.318 e. The highest BCUT2D eigenvalue weighted by atomic mass is 16.5. The molecular formula is C25H39N5O3. The highest BCUT2D eigenvalue weighted by Crippen LogP contribution is 2.25. The highest BCUT2D eigenvalue weighted by molar-refractivity contribution is 5.78. The molecule has 1 heterocycles. The van der Waals surface area contributed by atoms with Crippen LogP contribution in [-0.2, 0) is 11.3 Å². The third-order valence-corrected chi connectivity index (χ3v) is 6.45. The summed E-state index contributed by atoms with van der Waals surface area (Å²) in [6, 6.07) is 7.23. The maximum atomic E-state index is 13.5.